The molecule has 1 fully saturated rings. The molecule has 2 rings (SSSR count). The van der Waals surface area contributed by atoms with Crippen molar-refractivity contribution in [2.24, 2.45) is 11.8 Å². The molecule has 2 atom stereocenters. The van der Waals surface area contributed by atoms with Gasteiger partial charge in [0.15, 0.2) is 9.84 Å². The van der Waals surface area contributed by atoms with Crippen LogP contribution in [0.15, 0.2) is 15.9 Å². The van der Waals surface area contributed by atoms with Crippen LogP contribution in [-0.4, -0.2) is 26.0 Å². The minimum absolute atomic E-state index is 0.137. The smallest absolute Gasteiger partial charge is 0.150 e. The Kier molecular flexibility index (Phi) is 4.82. The van der Waals surface area contributed by atoms with Crippen LogP contribution >= 0.6 is 27.3 Å². The van der Waals surface area contributed by atoms with E-state index < -0.39 is 9.84 Å². The molecule has 0 amide bonds. The number of nitrogens with one attached hydrogen (secondary N) is 1. The largest absolute Gasteiger partial charge is 0.271 e. The minimum Gasteiger partial charge on any atom is -0.271 e. The normalized spacial score (nSPS) is 24.2. The van der Waals surface area contributed by atoms with Gasteiger partial charge in [0.05, 0.1) is 11.5 Å². The lowest BCUT2D eigenvalue weighted by Gasteiger charge is -2.18. The van der Waals surface area contributed by atoms with Crippen LogP contribution in [0.5, 0.6) is 0 Å². The first-order chi connectivity index (χ1) is 8.50. The summed E-state index contributed by atoms with van der Waals surface area (Å²) in [6.45, 7) is 0. The average molecular weight is 353 g/mol. The maximum Gasteiger partial charge on any atom is 0.150 e. The molecule has 0 aromatic carbocycles. The summed E-state index contributed by atoms with van der Waals surface area (Å²) in [4.78, 5) is 1.25. The molecular weight excluding hydrogens is 336 g/mol. The van der Waals surface area contributed by atoms with E-state index in [1.54, 1.807) is 11.3 Å². The van der Waals surface area contributed by atoms with Crippen molar-refractivity contribution in [3.8, 4) is 0 Å². The van der Waals surface area contributed by atoms with Crippen molar-refractivity contribution < 1.29 is 8.42 Å². The van der Waals surface area contributed by atoms with Crippen molar-refractivity contribution in [1.29, 1.82) is 0 Å². The first-order valence-electron chi connectivity index (χ1n) is 5.88. The number of rotatable bonds is 5. The number of nitrogens with two attached hydrogens (primary N) is 1. The Hall–Kier alpha value is 0.0500. The molecule has 102 valence electrons. The highest BCUT2D eigenvalue weighted by Gasteiger charge is 2.29. The Bertz CT molecular complexity index is 501. The molecule has 2 heterocycles. The van der Waals surface area contributed by atoms with E-state index in [2.05, 4.69) is 21.4 Å². The lowest BCUT2D eigenvalue weighted by atomic mass is 9.97. The summed E-state index contributed by atoms with van der Waals surface area (Å²) in [6.07, 6.45) is 2.43. The summed E-state index contributed by atoms with van der Waals surface area (Å²) in [6, 6.07) is 2.16. The predicted molar refractivity (Wildman–Crippen MR) is 78.2 cm³/mol. The van der Waals surface area contributed by atoms with Gasteiger partial charge in [-0.25, -0.2) is 8.42 Å². The molecule has 0 aliphatic carbocycles. The van der Waals surface area contributed by atoms with Crippen molar-refractivity contribution in [3.63, 3.8) is 0 Å². The van der Waals surface area contributed by atoms with E-state index in [1.807, 2.05) is 11.4 Å². The second kappa shape index (κ2) is 6.00. The maximum absolute atomic E-state index is 11.4. The first kappa shape index (κ1) is 14.5. The van der Waals surface area contributed by atoms with Gasteiger partial charge in [0.2, 0.25) is 0 Å². The quantitative estimate of drug-likeness (QED) is 0.624. The van der Waals surface area contributed by atoms with Crippen molar-refractivity contribution in [2.75, 3.05) is 11.5 Å². The molecule has 1 aliphatic heterocycles. The second-order valence-corrected chi connectivity index (χ2v) is 8.85. The summed E-state index contributed by atoms with van der Waals surface area (Å²) in [5.74, 6) is 6.47. The highest BCUT2D eigenvalue weighted by molar-refractivity contribution is 9.10. The molecule has 0 spiro atoms. The Labute approximate surface area is 120 Å². The van der Waals surface area contributed by atoms with Crippen LogP contribution in [0.25, 0.3) is 0 Å². The number of hydrogen-bond acceptors (Lipinski definition) is 5. The standard InChI is InChI=1S/C11H17BrN2O2S2/c12-10-1-3-17-11(10)6-9(14-13)5-8-2-4-18(15,16)7-8/h1,3,8-9,14H,2,4-7,13H2. The first-order valence-corrected chi connectivity index (χ1v) is 9.38. The molecule has 1 saturated heterocycles. The third kappa shape index (κ3) is 3.77. The van der Waals surface area contributed by atoms with Gasteiger partial charge in [0.1, 0.15) is 0 Å². The summed E-state index contributed by atoms with van der Waals surface area (Å²) in [7, 11) is -2.79. The topological polar surface area (TPSA) is 72.2 Å². The van der Waals surface area contributed by atoms with Crippen LogP contribution in [0.2, 0.25) is 0 Å². The molecule has 1 aromatic rings. The second-order valence-electron chi connectivity index (χ2n) is 4.76. The molecule has 3 N–H and O–H groups in total. The van der Waals surface area contributed by atoms with Crippen molar-refractivity contribution in [3.05, 3.63) is 20.8 Å². The summed E-state index contributed by atoms with van der Waals surface area (Å²) in [5, 5.41) is 2.03. The molecule has 1 aliphatic rings. The highest BCUT2D eigenvalue weighted by Crippen LogP contribution is 2.27. The molecule has 0 bridgehead atoms. The Morgan fingerprint density at radius 3 is 2.89 bits per heavy atom. The Morgan fingerprint density at radius 2 is 2.39 bits per heavy atom. The molecule has 7 heteroatoms. The van der Waals surface area contributed by atoms with Gasteiger partial charge in [-0.15, -0.1) is 11.3 Å². The lowest BCUT2D eigenvalue weighted by molar-refractivity contribution is 0.410. The fraction of sp³-hybridized carbons (Fsp3) is 0.636. The van der Waals surface area contributed by atoms with E-state index in [0.717, 1.165) is 23.7 Å². The Balaban J connectivity index is 1.92. The summed E-state index contributed by atoms with van der Waals surface area (Å²) >= 11 is 5.19. The number of hydrazine groups is 1. The average Bonchev–Trinajstić information content (AvgIpc) is 2.85. The van der Waals surface area contributed by atoms with Crippen molar-refractivity contribution >= 4 is 37.1 Å². The van der Waals surface area contributed by atoms with Gasteiger partial charge in [0.25, 0.3) is 0 Å². The molecule has 18 heavy (non-hydrogen) atoms. The number of halogens is 1. The van der Waals surface area contributed by atoms with E-state index in [9.17, 15) is 8.42 Å². The zero-order valence-corrected chi connectivity index (χ0v) is 13.2. The van der Waals surface area contributed by atoms with E-state index >= 15 is 0 Å². The van der Waals surface area contributed by atoms with Crippen LogP contribution in [0.1, 0.15) is 17.7 Å². The lowest BCUT2D eigenvalue weighted by Crippen LogP contribution is -2.38. The summed E-state index contributed by atoms with van der Waals surface area (Å²) in [5.41, 5.74) is 2.81. The summed E-state index contributed by atoms with van der Waals surface area (Å²) < 4.78 is 24.0. The van der Waals surface area contributed by atoms with Gasteiger partial charge in [0, 0.05) is 15.4 Å². The SMILES string of the molecule is NNC(Cc1sccc1Br)CC1CCS(=O)(=O)C1. The molecule has 0 radical (unpaired) electrons. The fourth-order valence-electron chi connectivity index (χ4n) is 2.37. The van der Waals surface area contributed by atoms with Gasteiger partial charge >= 0.3 is 0 Å². The van der Waals surface area contributed by atoms with Crippen LogP contribution in [0, 0.1) is 5.92 Å². The third-order valence-corrected chi connectivity index (χ3v) is 7.09. The minimum atomic E-state index is -2.79. The zero-order chi connectivity index (χ0) is 13.2. The fourth-order valence-corrected chi connectivity index (χ4v) is 5.84. The van der Waals surface area contributed by atoms with Gasteiger partial charge in [-0.1, -0.05) is 0 Å². The van der Waals surface area contributed by atoms with E-state index in [-0.39, 0.29) is 12.0 Å². The van der Waals surface area contributed by atoms with Crippen LogP contribution in [0.4, 0.5) is 0 Å². The van der Waals surface area contributed by atoms with Gasteiger partial charge in [-0.3, -0.25) is 11.3 Å². The predicted octanol–water partition coefficient (Wildman–Crippen LogP) is 1.71. The number of sulfone groups is 1. The van der Waals surface area contributed by atoms with Gasteiger partial charge in [-0.2, -0.15) is 0 Å². The van der Waals surface area contributed by atoms with Crippen molar-refractivity contribution in [1.82, 2.24) is 5.43 Å². The van der Waals surface area contributed by atoms with Crippen LogP contribution in [-0.2, 0) is 16.3 Å². The van der Waals surface area contributed by atoms with Gasteiger partial charge < -0.3 is 0 Å². The highest BCUT2D eigenvalue weighted by atomic mass is 79.9. The number of thiophene rings is 1. The number of hydrogen-bond donors (Lipinski definition) is 2. The molecule has 2 unspecified atom stereocenters. The monoisotopic (exact) mass is 352 g/mol. The van der Waals surface area contributed by atoms with E-state index in [0.29, 0.717) is 11.5 Å². The molecule has 0 saturated carbocycles. The Morgan fingerprint density at radius 1 is 1.61 bits per heavy atom. The van der Waals surface area contributed by atoms with Crippen molar-refractivity contribution in [2.45, 2.75) is 25.3 Å². The van der Waals surface area contributed by atoms with Gasteiger partial charge in [-0.05, 0) is 52.6 Å². The van der Waals surface area contributed by atoms with Crippen LogP contribution < -0.4 is 11.3 Å². The van der Waals surface area contributed by atoms with E-state index in [1.165, 1.54) is 4.88 Å². The maximum atomic E-state index is 11.4. The molecular formula is C11H17BrN2O2S2. The third-order valence-electron chi connectivity index (χ3n) is 3.30. The zero-order valence-electron chi connectivity index (χ0n) is 9.93. The molecule has 4 nitrogen and oxygen atoms in total. The molecule has 1 aromatic heterocycles. The van der Waals surface area contributed by atoms with Crippen LogP contribution in [0.3, 0.4) is 0 Å². The van der Waals surface area contributed by atoms with E-state index in [4.69, 9.17) is 5.84 Å².